The van der Waals surface area contributed by atoms with E-state index in [0.29, 0.717) is 11.3 Å². The van der Waals surface area contributed by atoms with E-state index in [2.05, 4.69) is 10.4 Å². The number of nitrogens with zero attached hydrogens (tertiary/aromatic N) is 2. The molecule has 0 spiro atoms. The summed E-state index contributed by atoms with van der Waals surface area (Å²) in [5, 5.41) is 6.77. The van der Waals surface area contributed by atoms with Gasteiger partial charge in [-0.1, -0.05) is 12.1 Å². The molecule has 0 aliphatic heterocycles. The van der Waals surface area contributed by atoms with E-state index >= 15 is 0 Å². The molecule has 0 bridgehead atoms. The van der Waals surface area contributed by atoms with Crippen LogP contribution in [0.4, 0.5) is 4.39 Å². The number of halogens is 1. The third-order valence-corrected chi connectivity index (χ3v) is 3.03. The van der Waals surface area contributed by atoms with E-state index in [0.717, 1.165) is 11.3 Å². The largest absolute Gasteiger partial charge is 0.347 e. The van der Waals surface area contributed by atoms with E-state index in [1.54, 1.807) is 25.2 Å². The second-order valence-electron chi connectivity index (χ2n) is 4.61. The van der Waals surface area contributed by atoms with Crippen LogP contribution in [0.1, 0.15) is 27.3 Å². The van der Waals surface area contributed by atoms with Crippen molar-refractivity contribution in [2.24, 2.45) is 12.8 Å². The highest BCUT2D eigenvalue weighted by molar-refractivity contribution is 5.92. The molecule has 1 heterocycles. The van der Waals surface area contributed by atoms with Crippen molar-refractivity contribution in [2.45, 2.75) is 20.0 Å². The third kappa shape index (κ3) is 3.03. The minimum atomic E-state index is -0.366. The summed E-state index contributed by atoms with van der Waals surface area (Å²) in [4.78, 5) is 12.0. The van der Waals surface area contributed by atoms with Crippen LogP contribution in [0.15, 0.2) is 24.3 Å². The maximum atomic E-state index is 13.7. The van der Waals surface area contributed by atoms with Crippen LogP contribution >= 0.6 is 0 Å². The fourth-order valence-electron chi connectivity index (χ4n) is 1.95. The molecule has 0 fully saturated rings. The smallest absolute Gasteiger partial charge is 0.269 e. The first-order valence-corrected chi connectivity index (χ1v) is 6.27. The van der Waals surface area contributed by atoms with Crippen LogP contribution in [0.2, 0.25) is 0 Å². The predicted octanol–water partition coefficient (Wildman–Crippen LogP) is 1.26. The van der Waals surface area contributed by atoms with Gasteiger partial charge in [0, 0.05) is 25.7 Å². The van der Waals surface area contributed by atoms with E-state index < -0.39 is 0 Å². The molecule has 0 radical (unpaired) electrons. The maximum Gasteiger partial charge on any atom is 0.269 e. The summed E-state index contributed by atoms with van der Waals surface area (Å²) < 4.78 is 15.2. The number of amides is 1. The normalized spacial score (nSPS) is 10.6. The van der Waals surface area contributed by atoms with E-state index in [-0.39, 0.29) is 24.8 Å². The molecule has 1 aromatic carbocycles. The average Bonchev–Trinajstić information content (AvgIpc) is 2.76. The van der Waals surface area contributed by atoms with Crippen molar-refractivity contribution in [3.8, 4) is 0 Å². The van der Waals surface area contributed by atoms with Crippen molar-refractivity contribution in [1.82, 2.24) is 15.1 Å². The molecule has 6 heteroatoms. The number of nitrogens with two attached hydrogens (primary N) is 1. The Kier molecular flexibility index (Phi) is 4.14. The van der Waals surface area contributed by atoms with Gasteiger partial charge in [0.2, 0.25) is 0 Å². The van der Waals surface area contributed by atoms with Gasteiger partial charge in [0.25, 0.3) is 5.91 Å². The zero-order valence-corrected chi connectivity index (χ0v) is 11.5. The van der Waals surface area contributed by atoms with Gasteiger partial charge in [0.05, 0.1) is 5.69 Å². The number of carbonyl (C=O) groups is 1. The minimum absolute atomic E-state index is 0.125. The lowest BCUT2D eigenvalue weighted by Crippen LogP contribution is -2.25. The highest BCUT2D eigenvalue weighted by atomic mass is 19.1. The molecule has 3 N–H and O–H groups in total. The standard InChI is InChI=1S/C14H17FN4O/c1-9-5-13(19(2)18-9)14(20)17-8-11-4-3-10(7-16)6-12(11)15/h3-6H,7-8,16H2,1-2H3,(H,17,20). The summed E-state index contributed by atoms with van der Waals surface area (Å²) in [7, 11) is 1.69. The number of carbonyl (C=O) groups excluding carboxylic acids is 1. The molecule has 2 aromatic rings. The van der Waals surface area contributed by atoms with Gasteiger partial charge in [0.1, 0.15) is 11.5 Å². The first-order valence-electron chi connectivity index (χ1n) is 6.27. The number of aryl methyl sites for hydroxylation is 2. The van der Waals surface area contributed by atoms with Gasteiger partial charge in [-0.15, -0.1) is 0 Å². The Labute approximate surface area is 116 Å². The van der Waals surface area contributed by atoms with E-state index in [4.69, 9.17) is 5.73 Å². The first kappa shape index (κ1) is 14.2. The summed E-state index contributed by atoms with van der Waals surface area (Å²) in [6.45, 7) is 2.22. The molecular formula is C14H17FN4O. The first-order chi connectivity index (χ1) is 9.51. The summed E-state index contributed by atoms with van der Waals surface area (Å²) >= 11 is 0. The number of benzene rings is 1. The Morgan fingerprint density at radius 1 is 1.45 bits per heavy atom. The van der Waals surface area contributed by atoms with Crippen LogP contribution in [-0.4, -0.2) is 15.7 Å². The van der Waals surface area contributed by atoms with Crippen molar-refractivity contribution in [1.29, 1.82) is 0 Å². The van der Waals surface area contributed by atoms with Crippen molar-refractivity contribution < 1.29 is 9.18 Å². The van der Waals surface area contributed by atoms with E-state index in [1.807, 2.05) is 6.92 Å². The second kappa shape index (κ2) is 5.83. The third-order valence-electron chi connectivity index (χ3n) is 3.03. The molecule has 2 rings (SSSR count). The number of rotatable bonds is 4. The Morgan fingerprint density at radius 3 is 2.75 bits per heavy atom. The molecule has 106 valence electrons. The van der Waals surface area contributed by atoms with Crippen molar-refractivity contribution in [2.75, 3.05) is 0 Å². The summed E-state index contributed by atoms with van der Waals surface area (Å²) in [5.74, 6) is -0.648. The molecule has 0 saturated heterocycles. The van der Waals surface area contributed by atoms with E-state index in [1.165, 1.54) is 10.7 Å². The quantitative estimate of drug-likeness (QED) is 0.883. The fraction of sp³-hybridized carbons (Fsp3) is 0.286. The van der Waals surface area contributed by atoms with Crippen LogP contribution in [0, 0.1) is 12.7 Å². The maximum absolute atomic E-state index is 13.7. The SMILES string of the molecule is Cc1cc(C(=O)NCc2ccc(CN)cc2F)n(C)n1. The number of hydrogen-bond donors (Lipinski definition) is 2. The molecular weight excluding hydrogens is 259 g/mol. The average molecular weight is 276 g/mol. The minimum Gasteiger partial charge on any atom is -0.347 e. The van der Waals surface area contributed by atoms with Gasteiger partial charge >= 0.3 is 0 Å². The Bertz CT molecular complexity index is 636. The fourth-order valence-corrected chi connectivity index (χ4v) is 1.95. The molecule has 20 heavy (non-hydrogen) atoms. The predicted molar refractivity (Wildman–Crippen MR) is 73.4 cm³/mol. The molecule has 0 aliphatic carbocycles. The van der Waals surface area contributed by atoms with Gasteiger partial charge in [-0.05, 0) is 24.6 Å². The van der Waals surface area contributed by atoms with Gasteiger partial charge in [0.15, 0.2) is 0 Å². The lowest BCUT2D eigenvalue weighted by molar-refractivity contribution is 0.0941. The Morgan fingerprint density at radius 2 is 2.20 bits per heavy atom. The number of nitrogens with one attached hydrogen (secondary N) is 1. The molecule has 0 atom stereocenters. The molecule has 1 aromatic heterocycles. The van der Waals surface area contributed by atoms with Crippen LogP contribution in [-0.2, 0) is 20.1 Å². The highest BCUT2D eigenvalue weighted by Crippen LogP contribution is 2.10. The Hall–Kier alpha value is -2.21. The van der Waals surface area contributed by atoms with Gasteiger partial charge < -0.3 is 11.1 Å². The second-order valence-corrected chi connectivity index (χ2v) is 4.61. The van der Waals surface area contributed by atoms with Crippen molar-refractivity contribution in [3.63, 3.8) is 0 Å². The molecule has 0 aliphatic rings. The number of aromatic nitrogens is 2. The lowest BCUT2D eigenvalue weighted by Gasteiger charge is -2.07. The van der Waals surface area contributed by atoms with Crippen LogP contribution in [0.5, 0.6) is 0 Å². The van der Waals surface area contributed by atoms with Crippen LogP contribution < -0.4 is 11.1 Å². The number of hydrogen-bond acceptors (Lipinski definition) is 3. The highest BCUT2D eigenvalue weighted by Gasteiger charge is 2.12. The zero-order chi connectivity index (χ0) is 14.7. The summed E-state index contributed by atoms with van der Waals surface area (Å²) in [6.07, 6.45) is 0. The molecule has 5 nitrogen and oxygen atoms in total. The molecule has 0 saturated carbocycles. The monoisotopic (exact) mass is 276 g/mol. The summed E-state index contributed by atoms with van der Waals surface area (Å²) in [6, 6.07) is 6.45. The van der Waals surface area contributed by atoms with Gasteiger partial charge in [-0.2, -0.15) is 5.10 Å². The Balaban J connectivity index is 2.05. The van der Waals surface area contributed by atoms with Crippen molar-refractivity contribution >= 4 is 5.91 Å². The summed E-state index contributed by atoms with van der Waals surface area (Å²) in [5.41, 5.74) is 7.79. The molecule has 0 unspecified atom stereocenters. The topological polar surface area (TPSA) is 72.9 Å². The van der Waals surface area contributed by atoms with Crippen molar-refractivity contribution in [3.05, 3.63) is 52.6 Å². The molecule has 1 amide bonds. The lowest BCUT2D eigenvalue weighted by atomic mass is 10.1. The van der Waals surface area contributed by atoms with Gasteiger partial charge in [-0.3, -0.25) is 9.48 Å². The zero-order valence-electron chi connectivity index (χ0n) is 11.5. The van der Waals surface area contributed by atoms with Crippen LogP contribution in [0.25, 0.3) is 0 Å². The van der Waals surface area contributed by atoms with E-state index in [9.17, 15) is 9.18 Å². The van der Waals surface area contributed by atoms with Crippen LogP contribution in [0.3, 0.4) is 0 Å². The van der Waals surface area contributed by atoms with Gasteiger partial charge in [-0.25, -0.2) is 4.39 Å².